The van der Waals surface area contributed by atoms with Crippen LogP contribution in [0.25, 0.3) is 0 Å². The minimum absolute atomic E-state index is 0.0345. The molecule has 0 bridgehead atoms. The van der Waals surface area contributed by atoms with Crippen LogP contribution in [0.4, 0.5) is 0 Å². The van der Waals surface area contributed by atoms with Crippen LogP contribution in [0.2, 0.25) is 18.1 Å². The summed E-state index contributed by atoms with van der Waals surface area (Å²) < 4.78 is 11.9. The highest BCUT2D eigenvalue weighted by Crippen LogP contribution is 2.43. The molecule has 0 amide bonds. The van der Waals surface area contributed by atoms with E-state index >= 15 is 0 Å². The van der Waals surface area contributed by atoms with Gasteiger partial charge < -0.3 is 14.0 Å². The highest BCUT2D eigenvalue weighted by molar-refractivity contribution is 6.74. The lowest BCUT2D eigenvalue weighted by molar-refractivity contribution is -0.147. The van der Waals surface area contributed by atoms with E-state index in [0.717, 1.165) is 23.8 Å². The second kappa shape index (κ2) is 8.96. The van der Waals surface area contributed by atoms with Gasteiger partial charge in [-0.1, -0.05) is 45.0 Å². The van der Waals surface area contributed by atoms with Crippen LogP contribution in [0.5, 0.6) is 0 Å². The number of aryl methyl sites for hydroxylation is 1. The SMILES string of the molecule is CCOC(=O)CC(C)(O[Si](C)(C)C(C)(C)C)c1ccc(CCC=O)cc1. The van der Waals surface area contributed by atoms with Crippen molar-refractivity contribution in [2.45, 2.75) is 77.6 Å². The van der Waals surface area contributed by atoms with Crippen LogP contribution >= 0.6 is 0 Å². The summed E-state index contributed by atoms with van der Waals surface area (Å²) in [5.41, 5.74) is 1.33. The van der Waals surface area contributed by atoms with Gasteiger partial charge in [0.05, 0.1) is 18.6 Å². The summed E-state index contributed by atoms with van der Waals surface area (Å²) >= 11 is 0. The summed E-state index contributed by atoms with van der Waals surface area (Å²) in [6.45, 7) is 15.1. The number of benzene rings is 1. The lowest BCUT2D eigenvalue weighted by Crippen LogP contribution is -2.48. The smallest absolute Gasteiger partial charge is 0.309 e. The molecule has 0 aliphatic carbocycles. The van der Waals surface area contributed by atoms with Gasteiger partial charge in [-0.2, -0.15) is 0 Å². The first kappa shape index (κ1) is 22.6. The monoisotopic (exact) mass is 378 g/mol. The molecule has 0 aliphatic rings. The van der Waals surface area contributed by atoms with E-state index in [1.54, 1.807) is 0 Å². The normalized spacial score (nSPS) is 14.6. The Bertz CT molecular complexity index is 601. The van der Waals surface area contributed by atoms with Gasteiger partial charge in [0.15, 0.2) is 8.32 Å². The van der Waals surface area contributed by atoms with E-state index in [-0.39, 0.29) is 17.4 Å². The van der Waals surface area contributed by atoms with Crippen molar-refractivity contribution in [3.05, 3.63) is 35.4 Å². The number of carbonyl (C=O) groups is 2. The molecular weight excluding hydrogens is 344 g/mol. The average Bonchev–Trinajstić information content (AvgIpc) is 2.51. The molecule has 0 N–H and O–H groups in total. The van der Waals surface area contributed by atoms with Gasteiger partial charge in [-0.05, 0) is 49.5 Å². The Morgan fingerprint density at radius 3 is 2.15 bits per heavy atom. The first-order chi connectivity index (χ1) is 11.9. The van der Waals surface area contributed by atoms with E-state index in [0.29, 0.717) is 13.0 Å². The van der Waals surface area contributed by atoms with Gasteiger partial charge in [0.2, 0.25) is 0 Å². The molecule has 1 unspecified atom stereocenters. The van der Waals surface area contributed by atoms with Crippen LogP contribution in [0.3, 0.4) is 0 Å². The Morgan fingerprint density at radius 1 is 1.12 bits per heavy atom. The van der Waals surface area contributed by atoms with Gasteiger partial charge in [-0.3, -0.25) is 4.79 Å². The number of ether oxygens (including phenoxy) is 1. The zero-order valence-corrected chi connectivity index (χ0v) is 18.3. The predicted octanol–water partition coefficient (Wildman–Crippen LogP) is 5.01. The van der Waals surface area contributed by atoms with Crippen LogP contribution in [0.1, 0.15) is 58.6 Å². The van der Waals surface area contributed by atoms with Crippen LogP contribution < -0.4 is 0 Å². The zero-order chi connectivity index (χ0) is 20.0. The van der Waals surface area contributed by atoms with Crippen molar-refractivity contribution in [3.8, 4) is 0 Å². The molecule has 5 heteroatoms. The van der Waals surface area contributed by atoms with Crippen molar-refractivity contribution >= 4 is 20.6 Å². The van der Waals surface area contributed by atoms with Gasteiger partial charge in [0.1, 0.15) is 6.29 Å². The summed E-state index contributed by atoms with van der Waals surface area (Å²) in [5, 5.41) is 0.0345. The number of esters is 1. The minimum Gasteiger partial charge on any atom is -0.466 e. The first-order valence-electron chi connectivity index (χ1n) is 9.34. The quantitative estimate of drug-likeness (QED) is 0.344. The maximum Gasteiger partial charge on any atom is 0.309 e. The molecule has 0 aromatic heterocycles. The molecule has 1 atom stereocenters. The molecule has 1 aromatic rings. The molecule has 0 spiro atoms. The molecule has 1 aromatic carbocycles. The molecule has 0 radical (unpaired) electrons. The average molecular weight is 379 g/mol. The Balaban J connectivity index is 3.18. The van der Waals surface area contributed by atoms with E-state index in [4.69, 9.17) is 9.16 Å². The fourth-order valence-corrected chi connectivity index (χ4v) is 4.27. The van der Waals surface area contributed by atoms with Crippen molar-refractivity contribution < 1.29 is 18.8 Å². The summed E-state index contributed by atoms with van der Waals surface area (Å²) in [6, 6.07) is 8.04. The highest BCUT2D eigenvalue weighted by Gasteiger charge is 2.44. The van der Waals surface area contributed by atoms with Crippen molar-refractivity contribution in [1.29, 1.82) is 0 Å². The van der Waals surface area contributed by atoms with Crippen LogP contribution in [-0.4, -0.2) is 27.2 Å². The fourth-order valence-electron chi connectivity index (χ4n) is 2.65. The maximum absolute atomic E-state index is 12.3. The van der Waals surface area contributed by atoms with Gasteiger partial charge in [0.25, 0.3) is 0 Å². The Morgan fingerprint density at radius 2 is 1.69 bits per heavy atom. The van der Waals surface area contributed by atoms with Gasteiger partial charge >= 0.3 is 5.97 Å². The Labute approximate surface area is 159 Å². The van der Waals surface area contributed by atoms with E-state index < -0.39 is 13.9 Å². The van der Waals surface area contributed by atoms with Crippen molar-refractivity contribution in [2.24, 2.45) is 0 Å². The van der Waals surface area contributed by atoms with E-state index in [1.807, 2.05) is 38.1 Å². The molecule has 0 heterocycles. The van der Waals surface area contributed by atoms with Crippen LogP contribution in [-0.2, 0) is 30.8 Å². The summed E-state index contributed by atoms with van der Waals surface area (Å²) in [4.78, 5) is 22.8. The molecule has 1 rings (SSSR count). The third-order valence-corrected chi connectivity index (χ3v) is 9.76. The molecule has 0 saturated carbocycles. The topological polar surface area (TPSA) is 52.6 Å². The number of carbonyl (C=O) groups excluding carboxylic acids is 2. The third kappa shape index (κ3) is 6.06. The van der Waals surface area contributed by atoms with Crippen molar-refractivity contribution in [2.75, 3.05) is 6.61 Å². The summed E-state index contributed by atoms with van der Waals surface area (Å²) in [6.07, 6.45) is 2.35. The molecule has 0 saturated heterocycles. The van der Waals surface area contributed by atoms with Crippen LogP contribution in [0, 0.1) is 0 Å². The summed E-state index contributed by atoms with van der Waals surface area (Å²) in [7, 11) is -2.10. The zero-order valence-electron chi connectivity index (χ0n) is 17.3. The molecule has 26 heavy (non-hydrogen) atoms. The number of hydrogen-bond acceptors (Lipinski definition) is 4. The number of hydrogen-bond donors (Lipinski definition) is 0. The second-order valence-electron chi connectivity index (χ2n) is 8.48. The van der Waals surface area contributed by atoms with Gasteiger partial charge in [0, 0.05) is 6.42 Å². The summed E-state index contributed by atoms with van der Waals surface area (Å²) in [5.74, 6) is -0.251. The second-order valence-corrected chi connectivity index (χ2v) is 13.2. The molecule has 0 aliphatic heterocycles. The van der Waals surface area contributed by atoms with E-state index in [1.165, 1.54) is 0 Å². The van der Waals surface area contributed by atoms with Gasteiger partial charge in [-0.25, -0.2) is 0 Å². The molecule has 146 valence electrons. The van der Waals surface area contributed by atoms with Crippen molar-refractivity contribution in [1.82, 2.24) is 0 Å². The van der Waals surface area contributed by atoms with E-state index in [9.17, 15) is 9.59 Å². The Hall–Kier alpha value is -1.46. The van der Waals surface area contributed by atoms with Crippen LogP contribution in [0.15, 0.2) is 24.3 Å². The maximum atomic E-state index is 12.3. The van der Waals surface area contributed by atoms with Crippen molar-refractivity contribution in [3.63, 3.8) is 0 Å². The largest absolute Gasteiger partial charge is 0.466 e. The lowest BCUT2D eigenvalue weighted by Gasteiger charge is -2.44. The standard InChI is InChI=1S/C21H34O4Si/c1-8-24-19(23)16-21(5,25-26(6,7)20(2,3)4)18-13-11-17(12-14-18)10-9-15-22/h11-15H,8-10,16H2,1-7H3. The van der Waals surface area contributed by atoms with Gasteiger partial charge in [-0.15, -0.1) is 0 Å². The lowest BCUT2D eigenvalue weighted by atomic mass is 9.91. The number of aldehydes is 1. The van der Waals surface area contributed by atoms with E-state index in [2.05, 4.69) is 33.9 Å². The molecule has 4 nitrogen and oxygen atoms in total. The third-order valence-electron chi connectivity index (χ3n) is 5.19. The first-order valence-corrected chi connectivity index (χ1v) is 12.2. The number of rotatable bonds is 9. The highest BCUT2D eigenvalue weighted by atomic mass is 28.4. The fraction of sp³-hybridized carbons (Fsp3) is 0.619. The molecular formula is C21H34O4Si. The Kier molecular flexibility index (Phi) is 7.78. The molecule has 0 fully saturated rings. The predicted molar refractivity (Wildman–Crippen MR) is 108 cm³/mol. The minimum atomic E-state index is -2.10.